The van der Waals surface area contributed by atoms with Crippen molar-refractivity contribution in [1.82, 2.24) is 10.2 Å². The number of rotatable bonds is 2. The van der Waals surface area contributed by atoms with Gasteiger partial charge in [0.15, 0.2) is 11.0 Å². The lowest BCUT2D eigenvalue weighted by atomic mass is 10.5. The van der Waals surface area contributed by atoms with E-state index in [4.69, 9.17) is 11.6 Å². The molecule has 11 heavy (non-hydrogen) atoms. The van der Waals surface area contributed by atoms with Crippen molar-refractivity contribution in [2.75, 3.05) is 5.43 Å². The topological polar surface area (TPSA) is 50.2 Å². The highest BCUT2D eigenvalue weighted by Crippen LogP contribution is 2.05. The highest BCUT2D eigenvalue weighted by molar-refractivity contribution is 6.29. The second kappa shape index (κ2) is 3.88. The molecular weight excluding hydrogens is 164 g/mol. The molecule has 0 saturated carbocycles. The number of nitrogens with zero attached hydrogens (tertiary/aromatic N) is 3. The van der Waals surface area contributed by atoms with Crippen LogP contribution in [0.3, 0.4) is 0 Å². The predicted molar refractivity (Wildman–Crippen MR) is 44.8 cm³/mol. The largest absolute Gasteiger partial charge is 0.260 e. The van der Waals surface area contributed by atoms with E-state index in [0.717, 1.165) is 0 Å². The van der Waals surface area contributed by atoms with Gasteiger partial charge in [-0.3, -0.25) is 5.43 Å². The summed E-state index contributed by atoms with van der Waals surface area (Å²) in [6.07, 6.45) is 1.62. The molecule has 58 valence electrons. The van der Waals surface area contributed by atoms with Gasteiger partial charge in [0.2, 0.25) is 0 Å². The number of aromatic nitrogens is 2. The average Bonchev–Trinajstić information content (AvgIpc) is 2.04. The first-order valence-corrected chi connectivity index (χ1v) is 3.43. The van der Waals surface area contributed by atoms with Gasteiger partial charge in [-0.05, 0) is 19.1 Å². The van der Waals surface area contributed by atoms with Crippen molar-refractivity contribution < 1.29 is 0 Å². The third-order valence-corrected chi connectivity index (χ3v) is 1.14. The SMILES string of the molecule is CC=NNc1ccc(Cl)nn1. The van der Waals surface area contributed by atoms with Crippen LogP contribution in [0.5, 0.6) is 0 Å². The maximum Gasteiger partial charge on any atom is 0.168 e. The summed E-state index contributed by atoms with van der Waals surface area (Å²) in [5, 5.41) is 11.4. The van der Waals surface area contributed by atoms with Crippen molar-refractivity contribution in [3.05, 3.63) is 17.3 Å². The fourth-order valence-electron chi connectivity index (χ4n) is 0.506. The summed E-state index contributed by atoms with van der Waals surface area (Å²) in [6, 6.07) is 3.34. The lowest BCUT2D eigenvalue weighted by Gasteiger charge is -1.95. The predicted octanol–water partition coefficient (Wildman–Crippen LogP) is 1.55. The summed E-state index contributed by atoms with van der Waals surface area (Å²) in [5.74, 6) is 0.576. The van der Waals surface area contributed by atoms with E-state index in [1.165, 1.54) is 0 Å². The zero-order valence-electron chi connectivity index (χ0n) is 5.95. The number of hydrogen-bond acceptors (Lipinski definition) is 4. The quantitative estimate of drug-likeness (QED) is 0.541. The Bertz CT molecular complexity index is 243. The van der Waals surface area contributed by atoms with Crippen LogP contribution in [0.1, 0.15) is 6.92 Å². The molecule has 0 fully saturated rings. The molecule has 0 aliphatic carbocycles. The summed E-state index contributed by atoms with van der Waals surface area (Å²) < 4.78 is 0. The van der Waals surface area contributed by atoms with Crippen LogP contribution in [0.4, 0.5) is 5.82 Å². The Hall–Kier alpha value is -1.16. The van der Waals surface area contributed by atoms with Crippen molar-refractivity contribution in [2.45, 2.75) is 6.92 Å². The van der Waals surface area contributed by atoms with E-state index in [2.05, 4.69) is 20.7 Å². The molecule has 4 nitrogen and oxygen atoms in total. The zero-order valence-corrected chi connectivity index (χ0v) is 6.71. The molecule has 0 saturated heterocycles. The lowest BCUT2D eigenvalue weighted by molar-refractivity contribution is 1.02. The number of nitrogens with one attached hydrogen (secondary N) is 1. The van der Waals surface area contributed by atoms with E-state index in [-0.39, 0.29) is 0 Å². The maximum absolute atomic E-state index is 5.51. The smallest absolute Gasteiger partial charge is 0.168 e. The van der Waals surface area contributed by atoms with Crippen LogP contribution in [0.25, 0.3) is 0 Å². The van der Waals surface area contributed by atoms with Crippen LogP contribution in [0, 0.1) is 0 Å². The van der Waals surface area contributed by atoms with Gasteiger partial charge in [0.1, 0.15) is 0 Å². The first-order chi connectivity index (χ1) is 5.33. The van der Waals surface area contributed by atoms with Crippen LogP contribution < -0.4 is 5.43 Å². The Morgan fingerprint density at radius 3 is 2.91 bits per heavy atom. The monoisotopic (exact) mass is 170 g/mol. The number of hydrogen-bond donors (Lipinski definition) is 1. The van der Waals surface area contributed by atoms with E-state index in [1.807, 2.05) is 0 Å². The first kappa shape index (κ1) is 7.94. The Morgan fingerprint density at radius 2 is 2.36 bits per heavy atom. The molecule has 0 aromatic carbocycles. The zero-order chi connectivity index (χ0) is 8.10. The van der Waals surface area contributed by atoms with Crippen molar-refractivity contribution in [3.63, 3.8) is 0 Å². The molecule has 1 rings (SSSR count). The van der Waals surface area contributed by atoms with Crippen LogP contribution in [0.2, 0.25) is 5.15 Å². The Balaban J connectivity index is 2.66. The molecule has 1 aromatic rings. The second-order valence-corrected chi connectivity index (χ2v) is 2.13. The molecule has 0 aliphatic heterocycles. The Labute approximate surface area is 69.3 Å². The van der Waals surface area contributed by atoms with Crippen molar-refractivity contribution in [3.8, 4) is 0 Å². The average molecular weight is 171 g/mol. The van der Waals surface area contributed by atoms with Crippen LogP contribution in [-0.2, 0) is 0 Å². The molecule has 0 aliphatic rings. The summed E-state index contributed by atoms with van der Waals surface area (Å²) in [5.41, 5.74) is 2.66. The molecule has 1 N–H and O–H groups in total. The van der Waals surface area contributed by atoms with Gasteiger partial charge < -0.3 is 0 Å². The fourth-order valence-corrected chi connectivity index (χ4v) is 0.607. The number of anilines is 1. The third-order valence-electron chi connectivity index (χ3n) is 0.940. The standard InChI is InChI=1S/C6H7ClN4/c1-2-8-10-6-4-3-5(7)9-11-6/h2-4H,1H3,(H,10,11). The van der Waals surface area contributed by atoms with Gasteiger partial charge in [0, 0.05) is 6.21 Å². The molecule has 5 heteroatoms. The summed E-state index contributed by atoms with van der Waals surface area (Å²) in [6.45, 7) is 1.80. The number of halogens is 1. The fraction of sp³-hybridized carbons (Fsp3) is 0.167. The molecule has 0 spiro atoms. The Kier molecular flexibility index (Phi) is 2.80. The molecule has 1 heterocycles. The van der Waals surface area contributed by atoms with E-state index >= 15 is 0 Å². The van der Waals surface area contributed by atoms with Gasteiger partial charge in [-0.2, -0.15) is 5.10 Å². The molecule has 0 atom stereocenters. The van der Waals surface area contributed by atoms with E-state index < -0.39 is 0 Å². The first-order valence-electron chi connectivity index (χ1n) is 3.06. The highest BCUT2D eigenvalue weighted by atomic mass is 35.5. The number of hydrazone groups is 1. The lowest BCUT2D eigenvalue weighted by Crippen LogP contribution is -1.93. The molecule has 1 aromatic heterocycles. The minimum Gasteiger partial charge on any atom is -0.260 e. The Morgan fingerprint density at radius 1 is 1.55 bits per heavy atom. The van der Waals surface area contributed by atoms with Gasteiger partial charge >= 0.3 is 0 Å². The van der Waals surface area contributed by atoms with Gasteiger partial charge in [-0.15, -0.1) is 10.2 Å². The minimum absolute atomic E-state index is 0.371. The molecule has 0 bridgehead atoms. The normalized spacial score (nSPS) is 10.4. The van der Waals surface area contributed by atoms with E-state index in [9.17, 15) is 0 Å². The second-order valence-electron chi connectivity index (χ2n) is 1.74. The molecule has 0 amide bonds. The van der Waals surface area contributed by atoms with E-state index in [1.54, 1.807) is 25.3 Å². The molecule has 0 unspecified atom stereocenters. The third kappa shape index (κ3) is 2.51. The van der Waals surface area contributed by atoms with Crippen LogP contribution >= 0.6 is 11.6 Å². The van der Waals surface area contributed by atoms with Crippen molar-refractivity contribution in [1.29, 1.82) is 0 Å². The highest BCUT2D eigenvalue weighted by Gasteiger charge is 1.90. The summed E-state index contributed by atoms with van der Waals surface area (Å²) >= 11 is 5.51. The summed E-state index contributed by atoms with van der Waals surface area (Å²) in [4.78, 5) is 0. The van der Waals surface area contributed by atoms with Crippen LogP contribution in [0.15, 0.2) is 17.2 Å². The van der Waals surface area contributed by atoms with Crippen molar-refractivity contribution >= 4 is 23.6 Å². The van der Waals surface area contributed by atoms with Crippen molar-refractivity contribution in [2.24, 2.45) is 5.10 Å². The van der Waals surface area contributed by atoms with Gasteiger partial charge in [-0.25, -0.2) is 0 Å². The van der Waals surface area contributed by atoms with E-state index in [0.29, 0.717) is 11.0 Å². The van der Waals surface area contributed by atoms with Gasteiger partial charge in [-0.1, -0.05) is 11.6 Å². The minimum atomic E-state index is 0.371. The summed E-state index contributed by atoms with van der Waals surface area (Å²) in [7, 11) is 0. The maximum atomic E-state index is 5.51. The molecule has 0 radical (unpaired) electrons. The molecular formula is C6H7ClN4. The van der Waals surface area contributed by atoms with Crippen LogP contribution in [-0.4, -0.2) is 16.4 Å². The van der Waals surface area contributed by atoms with Gasteiger partial charge in [0.25, 0.3) is 0 Å². The van der Waals surface area contributed by atoms with Gasteiger partial charge in [0.05, 0.1) is 0 Å².